The van der Waals surface area contributed by atoms with Gasteiger partial charge in [0.25, 0.3) is 11.8 Å². The maximum atomic E-state index is 14.7. The van der Waals surface area contributed by atoms with Crippen molar-refractivity contribution >= 4 is 57.7 Å². The summed E-state index contributed by atoms with van der Waals surface area (Å²) in [7, 11) is 3.42. The molecular formula is C53H56N6O9S2. The molecule has 15 nitrogen and oxygen atoms in total. The Hall–Kier alpha value is -6.79. The number of carbonyl (C=O) groups excluding carboxylic acids is 4. The Morgan fingerprint density at radius 3 is 2.06 bits per heavy atom. The van der Waals surface area contributed by atoms with Crippen LogP contribution in [0, 0.1) is 0 Å². The van der Waals surface area contributed by atoms with E-state index in [0.29, 0.717) is 22.2 Å². The van der Waals surface area contributed by atoms with Crippen LogP contribution >= 0.6 is 23.1 Å². The molecule has 0 radical (unpaired) electrons. The number of allylic oxidation sites excluding steroid dienone is 1. The quantitative estimate of drug-likeness (QED) is 0.0303. The van der Waals surface area contributed by atoms with Crippen molar-refractivity contribution in [3.8, 4) is 5.75 Å². The van der Waals surface area contributed by atoms with Crippen LogP contribution < -0.4 is 15.4 Å². The molecule has 3 aliphatic heterocycles. The zero-order chi connectivity index (χ0) is 49.6. The molecule has 5 aromatic rings. The number of thioether (sulfide) groups is 1. The Morgan fingerprint density at radius 1 is 0.886 bits per heavy atom. The van der Waals surface area contributed by atoms with Crippen molar-refractivity contribution in [2.75, 3.05) is 31.8 Å². The van der Waals surface area contributed by atoms with Gasteiger partial charge in [-0.25, -0.2) is 14.6 Å². The number of hydroxylamine groups is 2. The van der Waals surface area contributed by atoms with Crippen LogP contribution in [0.4, 0.5) is 5.13 Å². The van der Waals surface area contributed by atoms with E-state index in [0.717, 1.165) is 35.2 Å². The molecule has 364 valence electrons. The van der Waals surface area contributed by atoms with Crippen molar-refractivity contribution in [2.45, 2.75) is 81.9 Å². The molecule has 1 aromatic heterocycles. The van der Waals surface area contributed by atoms with Gasteiger partial charge < -0.3 is 29.7 Å². The SMILES string of the molecule is COc1ccc(COC(=O)C2=C(/C=C/C3CCN(C)O3)CS[C@@H]3[C@H](NC(=O)/C(=N\OC(C)(C)C(=O)OC(C)(C)C)c4csc(NC(c5ccccc5)(c5ccccc5)c5ccccc5)n4)C(=O)N23)cc1. The Labute approximate surface area is 415 Å². The maximum Gasteiger partial charge on any atom is 0.355 e. The number of β-lactam (4-membered cyclic amide) rings is 1. The highest BCUT2D eigenvalue weighted by atomic mass is 32.2. The first-order chi connectivity index (χ1) is 33.6. The number of rotatable bonds is 17. The second-order valence-electron chi connectivity index (χ2n) is 18.4. The topological polar surface area (TPSA) is 170 Å². The van der Waals surface area contributed by atoms with Gasteiger partial charge in [0, 0.05) is 24.7 Å². The molecule has 3 atom stereocenters. The highest BCUT2D eigenvalue weighted by Crippen LogP contribution is 2.43. The third-order valence-electron chi connectivity index (χ3n) is 11.7. The fourth-order valence-electron chi connectivity index (χ4n) is 8.09. The van der Waals surface area contributed by atoms with Gasteiger partial charge in [0.1, 0.15) is 46.3 Å². The number of nitrogens with one attached hydrogen (secondary N) is 2. The van der Waals surface area contributed by atoms with Gasteiger partial charge in [-0.2, -0.15) is 5.06 Å². The smallest absolute Gasteiger partial charge is 0.355 e. The molecular weight excluding hydrogens is 929 g/mol. The summed E-state index contributed by atoms with van der Waals surface area (Å²) in [4.78, 5) is 74.4. The molecule has 2 fully saturated rings. The van der Waals surface area contributed by atoms with Crippen molar-refractivity contribution in [1.29, 1.82) is 0 Å². The number of nitrogens with zero attached hydrogens (tertiary/aromatic N) is 4. The predicted octanol–water partition coefficient (Wildman–Crippen LogP) is 7.99. The van der Waals surface area contributed by atoms with E-state index >= 15 is 0 Å². The van der Waals surface area contributed by atoms with Gasteiger partial charge in [0.05, 0.1) is 13.2 Å². The lowest BCUT2D eigenvalue weighted by atomic mass is 9.77. The molecule has 0 bridgehead atoms. The molecule has 2 N–H and O–H groups in total. The highest BCUT2D eigenvalue weighted by Gasteiger charge is 2.55. The summed E-state index contributed by atoms with van der Waals surface area (Å²) in [5.74, 6) is -1.74. The summed E-state index contributed by atoms with van der Waals surface area (Å²) in [6.07, 6.45) is 4.24. The maximum absolute atomic E-state index is 14.7. The van der Waals surface area contributed by atoms with Crippen LogP contribution in [0.3, 0.4) is 0 Å². The van der Waals surface area contributed by atoms with E-state index in [-0.39, 0.29) is 29.8 Å². The van der Waals surface area contributed by atoms with Gasteiger partial charge in [-0.15, -0.1) is 23.1 Å². The second kappa shape index (κ2) is 21.1. The third kappa shape index (κ3) is 11.0. The van der Waals surface area contributed by atoms with Gasteiger partial charge >= 0.3 is 11.9 Å². The Kier molecular flexibility index (Phi) is 14.9. The number of benzene rings is 4. The summed E-state index contributed by atoms with van der Waals surface area (Å²) in [6, 6.07) is 36.0. The molecule has 3 aliphatic rings. The normalized spacial score (nSPS) is 18.8. The standard InChI is InChI=1S/C53H56N6O9S2/c1-51(2,3)66-49(63)52(4,5)68-57-42(41-33-70-50(54-41)56-53(36-17-11-8-12-18-36,37-19-13-9-14-20-37)38-21-15-10-16-22-38)45(60)55-43-46(61)59-44(48(62)65-31-34-23-26-39(64-7)27-24-34)35(32-69-47(43)59)25-28-40-29-30-58(6)67-40/h8-28,33,40,43,47H,29-32H2,1-7H3,(H,54,56)(H,55,60)/b28-25+,57-42-/t40?,43-,47-/m1/s1. The van der Waals surface area contributed by atoms with Gasteiger partial charge in [0.15, 0.2) is 10.8 Å². The average molecular weight is 985 g/mol. The summed E-state index contributed by atoms with van der Waals surface area (Å²) in [5, 5.41) is 14.1. The van der Waals surface area contributed by atoms with Crippen molar-refractivity contribution in [3.63, 3.8) is 0 Å². The second-order valence-corrected chi connectivity index (χ2v) is 20.3. The van der Waals surface area contributed by atoms with Crippen molar-refractivity contribution < 1.29 is 43.1 Å². The Balaban J connectivity index is 1.10. The average Bonchev–Trinajstić information content (AvgIpc) is 4.01. The zero-order valence-electron chi connectivity index (χ0n) is 40.0. The third-order valence-corrected chi connectivity index (χ3v) is 13.8. The molecule has 0 aliphatic carbocycles. The van der Waals surface area contributed by atoms with Crippen LogP contribution in [-0.2, 0) is 50.5 Å². The lowest BCUT2D eigenvalue weighted by Crippen LogP contribution is -2.71. The Bertz CT molecular complexity index is 2680. The molecule has 70 heavy (non-hydrogen) atoms. The van der Waals surface area contributed by atoms with Crippen LogP contribution in [-0.4, -0.2) is 99.6 Å². The minimum atomic E-state index is -1.64. The molecule has 4 aromatic carbocycles. The molecule has 2 saturated heterocycles. The molecule has 0 saturated carbocycles. The van der Waals surface area contributed by atoms with Gasteiger partial charge in [-0.05, 0) is 81.0 Å². The molecule has 2 amide bonds. The zero-order valence-corrected chi connectivity index (χ0v) is 41.7. The first-order valence-electron chi connectivity index (χ1n) is 22.8. The summed E-state index contributed by atoms with van der Waals surface area (Å²) >= 11 is 2.63. The monoisotopic (exact) mass is 984 g/mol. The van der Waals surface area contributed by atoms with E-state index in [1.807, 2.05) is 104 Å². The largest absolute Gasteiger partial charge is 0.497 e. The molecule has 4 heterocycles. The number of carbonyl (C=O) groups is 4. The number of methoxy groups -OCH3 is 1. The fourth-order valence-corrected chi connectivity index (χ4v) is 10.2. The number of aromatic nitrogens is 1. The number of esters is 2. The van der Waals surface area contributed by atoms with E-state index in [1.54, 1.807) is 68.7 Å². The van der Waals surface area contributed by atoms with Crippen molar-refractivity contribution in [2.24, 2.45) is 5.16 Å². The van der Waals surface area contributed by atoms with Crippen molar-refractivity contribution in [3.05, 3.63) is 172 Å². The van der Waals surface area contributed by atoms with E-state index < -0.39 is 51.9 Å². The van der Waals surface area contributed by atoms with Crippen molar-refractivity contribution in [1.82, 2.24) is 20.3 Å². The molecule has 17 heteroatoms. The Morgan fingerprint density at radius 2 is 1.50 bits per heavy atom. The van der Waals surface area contributed by atoms with Gasteiger partial charge in [-0.3, -0.25) is 19.3 Å². The van der Waals surface area contributed by atoms with E-state index in [9.17, 15) is 19.2 Å². The first kappa shape index (κ1) is 49.6. The van der Waals surface area contributed by atoms with E-state index in [4.69, 9.17) is 28.9 Å². The first-order valence-corrected chi connectivity index (χ1v) is 24.7. The number of oxime groups is 1. The fraction of sp³-hybridized carbons (Fsp3) is 0.321. The molecule has 8 rings (SSSR count). The minimum Gasteiger partial charge on any atom is -0.497 e. The number of ether oxygens (including phenoxy) is 3. The number of hydrogen-bond donors (Lipinski definition) is 2. The highest BCUT2D eigenvalue weighted by molar-refractivity contribution is 8.00. The lowest BCUT2D eigenvalue weighted by molar-refractivity contribution is -0.179. The number of anilines is 1. The van der Waals surface area contributed by atoms with E-state index in [1.165, 1.54) is 41.8 Å². The number of amides is 2. The van der Waals surface area contributed by atoms with Crippen LogP contribution in [0.2, 0.25) is 0 Å². The molecule has 0 spiro atoms. The summed E-state index contributed by atoms with van der Waals surface area (Å²) < 4.78 is 16.7. The summed E-state index contributed by atoms with van der Waals surface area (Å²) in [5.41, 5.74) is 0.608. The minimum absolute atomic E-state index is 0.0486. The number of thiazole rings is 1. The number of hydrogen-bond acceptors (Lipinski definition) is 15. The number of fused-ring (bicyclic) bond motifs is 1. The van der Waals surface area contributed by atoms with Gasteiger partial charge in [0.2, 0.25) is 5.60 Å². The van der Waals surface area contributed by atoms with Crippen LogP contribution in [0.1, 0.15) is 69.0 Å². The molecule has 1 unspecified atom stereocenters. The lowest BCUT2D eigenvalue weighted by Gasteiger charge is -2.49. The van der Waals surface area contributed by atoms with Crippen LogP contribution in [0.25, 0.3) is 0 Å². The predicted molar refractivity (Wildman–Crippen MR) is 269 cm³/mol. The van der Waals surface area contributed by atoms with Crippen LogP contribution in [0.5, 0.6) is 5.75 Å². The summed E-state index contributed by atoms with van der Waals surface area (Å²) in [6.45, 7) is 8.87. The van der Waals surface area contributed by atoms with Crippen LogP contribution in [0.15, 0.2) is 149 Å². The van der Waals surface area contributed by atoms with Gasteiger partial charge in [-0.1, -0.05) is 120 Å². The van der Waals surface area contributed by atoms with E-state index in [2.05, 4.69) is 15.8 Å².